The molecule has 0 bridgehead atoms. The maximum atomic E-state index is 13.6. The third-order valence-electron chi connectivity index (χ3n) is 3.02. The number of nitrogens with zero attached hydrogens (tertiary/aromatic N) is 1. The molecule has 0 radical (unpaired) electrons. The highest BCUT2D eigenvalue weighted by Crippen LogP contribution is 2.32. The molecule has 2 atom stereocenters. The van der Waals surface area contributed by atoms with Crippen LogP contribution >= 0.6 is 15.9 Å². The van der Waals surface area contributed by atoms with Gasteiger partial charge in [-0.05, 0) is 41.3 Å². The van der Waals surface area contributed by atoms with Crippen molar-refractivity contribution >= 4 is 21.6 Å². The number of benzene rings is 1. The van der Waals surface area contributed by atoms with Crippen LogP contribution in [0.25, 0.3) is 0 Å². The van der Waals surface area contributed by atoms with Gasteiger partial charge >= 0.3 is 0 Å². The zero-order valence-corrected chi connectivity index (χ0v) is 10.6. The third kappa shape index (κ3) is 2.58. The second-order valence-corrected chi connectivity index (χ2v) is 5.02. The molecular weight excluding hydrogens is 290 g/mol. The van der Waals surface area contributed by atoms with E-state index in [1.54, 1.807) is 0 Å². The molecule has 1 saturated carbocycles. The van der Waals surface area contributed by atoms with Gasteiger partial charge in [-0.25, -0.2) is 8.78 Å². The van der Waals surface area contributed by atoms with Crippen LogP contribution in [0.5, 0.6) is 0 Å². The van der Waals surface area contributed by atoms with Gasteiger partial charge in [-0.2, -0.15) is 5.26 Å². The second-order valence-electron chi connectivity index (χ2n) is 4.16. The highest BCUT2D eigenvalue weighted by Gasteiger charge is 2.28. The lowest BCUT2D eigenvalue weighted by Gasteiger charge is -2.18. The number of rotatable bonds is 2. The molecule has 2 rings (SSSR count). The third-order valence-corrected chi connectivity index (χ3v) is 3.64. The molecule has 0 amide bonds. The van der Waals surface area contributed by atoms with Crippen LogP contribution in [0, 0.1) is 28.9 Å². The van der Waals surface area contributed by atoms with Gasteiger partial charge in [0.2, 0.25) is 0 Å². The minimum atomic E-state index is -0.638. The van der Waals surface area contributed by atoms with Crippen LogP contribution in [0.1, 0.15) is 19.3 Å². The maximum absolute atomic E-state index is 13.6. The predicted octanol–water partition coefficient (Wildman–Crippen LogP) is 3.83. The average molecular weight is 301 g/mol. The van der Waals surface area contributed by atoms with Gasteiger partial charge in [0.15, 0.2) is 0 Å². The lowest BCUT2D eigenvalue weighted by molar-refractivity contribution is 0.575. The topological polar surface area (TPSA) is 35.8 Å². The van der Waals surface area contributed by atoms with Gasteiger partial charge in [0.25, 0.3) is 0 Å². The van der Waals surface area contributed by atoms with Gasteiger partial charge in [-0.15, -0.1) is 0 Å². The first-order chi connectivity index (χ1) is 8.11. The van der Waals surface area contributed by atoms with E-state index in [-0.39, 0.29) is 17.6 Å². The Labute approximate surface area is 107 Å². The van der Waals surface area contributed by atoms with Crippen LogP contribution in [-0.2, 0) is 0 Å². The summed E-state index contributed by atoms with van der Waals surface area (Å²) in [6, 6.07) is 4.20. The van der Waals surface area contributed by atoms with E-state index in [2.05, 4.69) is 27.3 Å². The first kappa shape index (κ1) is 12.3. The molecule has 1 aliphatic rings. The summed E-state index contributed by atoms with van der Waals surface area (Å²) in [4.78, 5) is 0. The fraction of sp³-hybridized carbons (Fsp3) is 0.417. The molecule has 0 aromatic heterocycles. The monoisotopic (exact) mass is 300 g/mol. The number of hydrogen-bond acceptors (Lipinski definition) is 2. The summed E-state index contributed by atoms with van der Waals surface area (Å²) in [5.74, 6) is -1.37. The Morgan fingerprint density at radius 3 is 2.76 bits per heavy atom. The van der Waals surface area contributed by atoms with Crippen molar-refractivity contribution in [1.29, 1.82) is 5.26 Å². The van der Waals surface area contributed by atoms with Crippen molar-refractivity contribution in [1.82, 2.24) is 0 Å². The van der Waals surface area contributed by atoms with Gasteiger partial charge in [0, 0.05) is 16.6 Å². The van der Waals surface area contributed by atoms with E-state index in [9.17, 15) is 8.78 Å². The standard InChI is InChI=1S/C12H11BrF2N2/c13-9-4-8(14)5-10(15)12(9)17-11-3-1-2-7(11)6-16/h4-5,7,11,17H,1-3H2. The number of nitrogens with one attached hydrogen (secondary N) is 1. The smallest absolute Gasteiger partial charge is 0.150 e. The molecule has 2 nitrogen and oxygen atoms in total. The van der Waals surface area contributed by atoms with E-state index in [4.69, 9.17) is 5.26 Å². The highest BCUT2D eigenvalue weighted by atomic mass is 79.9. The zero-order chi connectivity index (χ0) is 12.4. The molecule has 1 fully saturated rings. The summed E-state index contributed by atoms with van der Waals surface area (Å²) in [5, 5.41) is 11.9. The number of halogens is 3. The van der Waals surface area contributed by atoms with E-state index in [1.807, 2.05) is 0 Å². The van der Waals surface area contributed by atoms with Gasteiger partial charge < -0.3 is 5.32 Å². The molecule has 1 aliphatic carbocycles. The van der Waals surface area contributed by atoms with Gasteiger partial charge in [-0.1, -0.05) is 0 Å². The number of anilines is 1. The molecule has 90 valence electrons. The lowest BCUT2D eigenvalue weighted by atomic mass is 10.1. The van der Waals surface area contributed by atoms with E-state index < -0.39 is 11.6 Å². The van der Waals surface area contributed by atoms with Crippen LogP contribution < -0.4 is 5.32 Å². The Bertz CT molecular complexity index is 447. The summed E-state index contributed by atoms with van der Waals surface area (Å²) in [7, 11) is 0. The van der Waals surface area contributed by atoms with Gasteiger partial charge in [0.05, 0.1) is 17.7 Å². The molecule has 1 aromatic carbocycles. The summed E-state index contributed by atoms with van der Waals surface area (Å²) in [6.07, 6.45) is 2.62. The van der Waals surface area contributed by atoms with Crippen LogP contribution in [0.3, 0.4) is 0 Å². The van der Waals surface area contributed by atoms with Crippen molar-refractivity contribution in [3.8, 4) is 6.07 Å². The second kappa shape index (κ2) is 5.01. The van der Waals surface area contributed by atoms with E-state index >= 15 is 0 Å². The summed E-state index contributed by atoms with van der Waals surface area (Å²) >= 11 is 3.12. The first-order valence-electron chi connectivity index (χ1n) is 5.42. The molecule has 0 aliphatic heterocycles. The molecule has 2 unspecified atom stereocenters. The maximum Gasteiger partial charge on any atom is 0.150 e. The quantitative estimate of drug-likeness (QED) is 0.901. The lowest BCUT2D eigenvalue weighted by Crippen LogP contribution is -2.23. The minimum Gasteiger partial charge on any atom is -0.378 e. The molecule has 17 heavy (non-hydrogen) atoms. The SMILES string of the molecule is N#CC1CCCC1Nc1c(F)cc(F)cc1Br. The Morgan fingerprint density at radius 2 is 2.12 bits per heavy atom. The summed E-state index contributed by atoms with van der Waals surface area (Å²) in [6.45, 7) is 0. The molecule has 0 heterocycles. The van der Waals surface area contributed by atoms with E-state index in [0.717, 1.165) is 25.3 Å². The van der Waals surface area contributed by atoms with Crippen molar-refractivity contribution in [2.45, 2.75) is 25.3 Å². The van der Waals surface area contributed by atoms with E-state index in [0.29, 0.717) is 4.47 Å². The van der Waals surface area contributed by atoms with Crippen LogP contribution in [0.2, 0.25) is 0 Å². The van der Waals surface area contributed by atoms with Crippen molar-refractivity contribution < 1.29 is 8.78 Å². The van der Waals surface area contributed by atoms with Gasteiger partial charge in [-0.3, -0.25) is 0 Å². The molecular formula is C12H11BrF2N2. The summed E-state index contributed by atoms with van der Waals surface area (Å²) in [5.41, 5.74) is 0.235. The average Bonchev–Trinajstić information content (AvgIpc) is 2.70. The predicted molar refractivity (Wildman–Crippen MR) is 64.4 cm³/mol. The van der Waals surface area contributed by atoms with Crippen molar-refractivity contribution in [2.24, 2.45) is 5.92 Å². The first-order valence-corrected chi connectivity index (χ1v) is 6.22. The van der Waals surface area contributed by atoms with Crippen molar-refractivity contribution in [3.63, 3.8) is 0 Å². The molecule has 0 saturated heterocycles. The Morgan fingerprint density at radius 1 is 1.35 bits per heavy atom. The normalized spacial score (nSPS) is 23.4. The number of hydrogen-bond donors (Lipinski definition) is 1. The minimum absolute atomic E-state index is 0.0590. The Balaban J connectivity index is 2.22. The van der Waals surface area contributed by atoms with Crippen molar-refractivity contribution in [2.75, 3.05) is 5.32 Å². The van der Waals surface area contributed by atoms with Gasteiger partial charge in [0.1, 0.15) is 11.6 Å². The molecule has 0 spiro atoms. The van der Waals surface area contributed by atoms with Crippen LogP contribution in [0.4, 0.5) is 14.5 Å². The fourth-order valence-corrected chi connectivity index (χ4v) is 2.68. The Kier molecular flexibility index (Phi) is 3.63. The highest BCUT2D eigenvalue weighted by molar-refractivity contribution is 9.10. The number of nitriles is 1. The molecule has 1 aromatic rings. The summed E-state index contributed by atoms with van der Waals surface area (Å²) < 4.78 is 26.8. The molecule has 5 heteroatoms. The van der Waals surface area contributed by atoms with Crippen LogP contribution in [-0.4, -0.2) is 6.04 Å². The largest absolute Gasteiger partial charge is 0.378 e. The zero-order valence-electron chi connectivity index (χ0n) is 9.01. The Hall–Kier alpha value is -1.15. The van der Waals surface area contributed by atoms with E-state index in [1.165, 1.54) is 6.07 Å². The molecule has 1 N–H and O–H groups in total. The van der Waals surface area contributed by atoms with Crippen molar-refractivity contribution in [3.05, 3.63) is 28.2 Å². The fourth-order valence-electron chi connectivity index (χ4n) is 2.15. The van der Waals surface area contributed by atoms with Crippen LogP contribution in [0.15, 0.2) is 16.6 Å².